The summed E-state index contributed by atoms with van der Waals surface area (Å²) in [6, 6.07) is 5.18. The quantitative estimate of drug-likeness (QED) is 0.626. The Balaban J connectivity index is 1.72. The van der Waals surface area contributed by atoms with Gasteiger partial charge in [-0.1, -0.05) is 6.92 Å². The van der Waals surface area contributed by atoms with E-state index in [1.165, 1.54) is 13.1 Å². The molecule has 0 radical (unpaired) electrons. The minimum absolute atomic E-state index is 0.00236. The maximum absolute atomic E-state index is 11.8. The molecule has 8 nitrogen and oxygen atoms in total. The smallest absolute Gasteiger partial charge is 0.293 e. The zero-order chi connectivity index (χ0) is 18.7. The molecule has 2 aliphatic heterocycles. The number of nitrogens with one attached hydrogen (secondary N) is 1. The van der Waals surface area contributed by atoms with Crippen LogP contribution in [0.5, 0.6) is 0 Å². The Morgan fingerprint density at radius 1 is 1.27 bits per heavy atom. The van der Waals surface area contributed by atoms with Gasteiger partial charge in [0.2, 0.25) is 0 Å². The number of nitrogens with zero attached hydrogens (tertiary/aromatic N) is 4. The molecule has 3 rings (SSSR count). The van der Waals surface area contributed by atoms with Crippen LogP contribution in [0.3, 0.4) is 0 Å². The van der Waals surface area contributed by atoms with Gasteiger partial charge in [0.1, 0.15) is 5.69 Å². The molecule has 1 unspecified atom stereocenters. The summed E-state index contributed by atoms with van der Waals surface area (Å²) in [4.78, 5) is 30.0. The Hall–Kier alpha value is -2.19. The highest BCUT2D eigenvalue weighted by Crippen LogP contribution is 2.32. The van der Waals surface area contributed by atoms with Crippen molar-refractivity contribution in [2.75, 3.05) is 57.8 Å². The third-order valence-electron chi connectivity index (χ3n) is 5.54. The molecule has 0 saturated carbocycles. The SMILES string of the molecule is CCN1CCN(C2CCN(c3ccc(C(=O)NC)cc3[N+](=O)[O-])C2)CC1. The number of hydrogen-bond donors (Lipinski definition) is 1. The number of amides is 1. The molecule has 1 amide bonds. The Morgan fingerprint density at radius 2 is 2.00 bits per heavy atom. The van der Waals surface area contributed by atoms with Gasteiger partial charge in [-0.15, -0.1) is 0 Å². The van der Waals surface area contributed by atoms with E-state index in [-0.39, 0.29) is 11.6 Å². The first kappa shape index (κ1) is 18.6. The molecular formula is C18H27N5O3. The van der Waals surface area contributed by atoms with Gasteiger partial charge in [0.25, 0.3) is 11.6 Å². The summed E-state index contributed by atoms with van der Waals surface area (Å²) in [7, 11) is 1.52. The molecule has 142 valence electrons. The summed E-state index contributed by atoms with van der Waals surface area (Å²) < 4.78 is 0. The number of likely N-dealkylation sites (N-methyl/N-ethyl adjacent to an activating group) is 1. The molecule has 0 bridgehead atoms. The van der Waals surface area contributed by atoms with Gasteiger partial charge < -0.3 is 15.1 Å². The molecule has 2 heterocycles. The van der Waals surface area contributed by atoms with Gasteiger partial charge in [-0.2, -0.15) is 0 Å². The lowest BCUT2D eigenvalue weighted by molar-refractivity contribution is -0.384. The third kappa shape index (κ3) is 3.81. The number of rotatable bonds is 5. The van der Waals surface area contributed by atoms with E-state index in [4.69, 9.17) is 0 Å². The number of carbonyl (C=O) groups excluding carboxylic acids is 1. The first-order valence-corrected chi connectivity index (χ1v) is 9.25. The topological polar surface area (TPSA) is 82.0 Å². The largest absolute Gasteiger partial charge is 0.364 e. The normalized spacial score (nSPS) is 21.8. The lowest BCUT2D eigenvalue weighted by Gasteiger charge is -2.37. The van der Waals surface area contributed by atoms with Crippen molar-refractivity contribution >= 4 is 17.3 Å². The van der Waals surface area contributed by atoms with Crippen molar-refractivity contribution in [2.45, 2.75) is 19.4 Å². The van der Waals surface area contributed by atoms with E-state index in [9.17, 15) is 14.9 Å². The van der Waals surface area contributed by atoms with Crippen molar-refractivity contribution in [3.63, 3.8) is 0 Å². The lowest BCUT2D eigenvalue weighted by Crippen LogP contribution is -2.50. The molecule has 1 aromatic rings. The molecule has 2 fully saturated rings. The summed E-state index contributed by atoms with van der Waals surface area (Å²) in [5.74, 6) is -0.312. The summed E-state index contributed by atoms with van der Waals surface area (Å²) in [5, 5.41) is 14.0. The molecule has 2 aliphatic rings. The summed E-state index contributed by atoms with van der Waals surface area (Å²) in [6.07, 6.45) is 1.01. The second-order valence-electron chi connectivity index (χ2n) is 6.90. The van der Waals surface area contributed by atoms with Crippen molar-refractivity contribution in [1.82, 2.24) is 15.1 Å². The summed E-state index contributed by atoms with van der Waals surface area (Å²) in [6.45, 7) is 9.18. The van der Waals surface area contributed by atoms with Gasteiger partial charge in [0, 0.05) is 64.0 Å². The van der Waals surface area contributed by atoms with Crippen LogP contribution >= 0.6 is 0 Å². The number of nitro benzene ring substituents is 1. The molecule has 0 spiro atoms. The molecule has 0 aromatic heterocycles. The van der Waals surface area contributed by atoms with Crippen LogP contribution in [-0.2, 0) is 0 Å². The van der Waals surface area contributed by atoms with Crippen LogP contribution in [0.15, 0.2) is 18.2 Å². The molecule has 0 aliphatic carbocycles. The van der Waals surface area contributed by atoms with Gasteiger partial charge in [-0.05, 0) is 25.1 Å². The van der Waals surface area contributed by atoms with E-state index >= 15 is 0 Å². The van der Waals surface area contributed by atoms with Crippen LogP contribution < -0.4 is 10.2 Å². The molecule has 1 atom stereocenters. The Bertz CT molecular complexity index is 673. The van der Waals surface area contributed by atoms with E-state index < -0.39 is 4.92 Å². The standard InChI is InChI=1S/C18H27N5O3/c1-3-20-8-10-21(11-9-20)15-6-7-22(13-15)16-5-4-14(18(24)19-2)12-17(16)23(25)26/h4-5,12,15H,3,6-11,13H2,1-2H3,(H,19,24). The first-order chi connectivity index (χ1) is 12.5. The van der Waals surface area contributed by atoms with E-state index in [1.807, 2.05) is 0 Å². The van der Waals surface area contributed by atoms with E-state index in [0.29, 0.717) is 17.3 Å². The van der Waals surface area contributed by atoms with Crippen LogP contribution in [0.1, 0.15) is 23.7 Å². The predicted octanol–water partition coefficient (Wildman–Crippen LogP) is 1.17. The Morgan fingerprint density at radius 3 is 2.62 bits per heavy atom. The summed E-state index contributed by atoms with van der Waals surface area (Å²) >= 11 is 0. The van der Waals surface area contributed by atoms with Crippen LogP contribution in [-0.4, -0.2) is 79.5 Å². The third-order valence-corrected chi connectivity index (χ3v) is 5.54. The van der Waals surface area contributed by atoms with E-state index in [1.54, 1.807) is 12.1 Å². The minimum Gasteiger partial charge on any atom is -0.364 e. The second-order valence-corrected chi connectivity index (χ2v) is 6.90. The highest BCUT2D eigenvalue weighted by molar-refractivity contribution is 5.95. The minimum atomic E-state index is -0.394. The Kier molecular flexibility index (Phi) is 5.73. The monoisotopic (exact) mass is 361 g/mol. The van der Waals surface area contributed by atoms with Crippen molar-refractivity contribution in [3.05, 3.63) is 33.9 Å². The molecule has 8 heteroatoms. The van der Waals surface area contributed by atoms with Crippen LogP contribution in [0.2, 0.25) is 0 Å². The van der Waals surface area contributed by atoms with Gasteiger partial charge in [-0.25, -0.2) is 0 Å². The predicted molar refractivity (Wildman–Crippen MR) is 101 cm³/mol. The number of carbonyl (C=O) groups is 1. The maximum atomic E-state index is 11.8. The molecule has 1 aromatic carbocycles. The fourth-order valence-electron chi connectivity index (χ4n) is 3.93. The van der Waals surface area contributed by atoms with E-state index in [2.05, 4.69) is 26.9 Å². The van der Waals surface area contributed by atoms with Crippen LogP contribution in [0.25, 0.3) is 0 Å². The van der Waals surface area contributed by atoms with Gasteiger partial charge in [0.15, 0.2) is 0 Å². The fourth-order valence-corrected chi connectivity index (χ4v) is 3.93. The molecule has 26 heavy (non-hydrogen) atoms. The highest BCUT2D eigenvalue weighted by atomic mass is 16.6. The zero-order valence-electron chi connectivity index (χ0n) is 15.5. The second kappa shape index (κ2) is 8.01. The number of benzene rings is 1. The van der Waals surface area contributed by atoms with Gasteiger partial charge in [0.05, 0.1) is 4.92 Å². The van der Waals surface area contributed by atoms with Gasteiger partial charge >= 0.3 is 0 Å². The fraction of sp³-hybridized carbons (Fsp3) is 0.611. The molecule has 1 N–H and O–H groups in total. The molecular weight excluding hydrogens is 334 g/mol. The number of anilines is 1. The van der Waals surface area contributed by atoms with Gasteiger partial charge in [-0.3, -0.25) is 19.8 Å². The lowest BCUT2D eigenvalue weighted by atomic mass is 10.1. The Labute approximate surface area is 153 Å². The van der Waals surface area contributed by atoms with Crippen molar-refractivity contribution in [1.29, 1.82) is 0 Å². The van der Waals surface area contributed by atoms with Crippen LogP contribution in [0, 0.1) is 10.1 Å². The maximum Gasteiger partial charge on any atom is 0.293 e. The summed E-state index contributed by atoms with van der Waals surface area (Å²) in [5.41, 5.74) is 0.925. The zero-order valence-corrected chi connectivity index (χ0v) is 15.5. The average molecular weight is 361 g/mol. The highest BCUT2D eigenvalue weighted by Gasteiger charge is 2.32. The number of nitro groups is 1. The first-order valence-electron chi connectivity index (χ1n) is 9.25. The average Bonchev–Trinajstić information content (AvgIpc) is 3.16. The molecule has 2 saturated heterocycles. The van der Waals surface area contributed by atoms with Crippen molar-refractivity contribution in [3.8, 4) is 0 Å². The van der Waals surface area contributed by atoms with Crippen molar-refractivity contribution < 1.29 is 9.72 Å². The van der Waals surface area contributed by atoms with Crippen molar-refractivity contribution in [2.24, 2.45) is 0 Å². The number of hydrogen-bond acceptors (Lipinski definition) is 6. The van der Waals surface area contributed by atoms with E-state index in [0.717, 1.165) is 52.2 Å². The number of piperazine rings is 1. The van der Waals surface area contributed by atoms with Crippen LogP contribution in [0.4, 0.5) is 11.4 Å².